The number of ether oxygens (including phenoxy) is 2. The second-order valence-electron chi connectivity index (χ2n) is 7.17. The quantitative estimate of drug-likeness (QED) is 0.313. The molecule has 0 spiro atoms. The number of amides is 2. The van der Waals surface area contributed by atoms with Crippen LogP contribution in [0.2, 0.25) is 0 Å². The lowest BCUT2D eigenvalue weighted by molar-refractivity contribution is -0.127. The third kappa shape index (κ3) is 8.38. The number of hydrogen-bond acceptors (Lipinski definition) is 5. The van der Waals surface area contributed by atoms with Gasteiger partial charge in [-0.3, -0.25) is 4.79 Å². The number of likely N-dealkylation sites (tertiary alicyclic amines) is 1. The number of hydrogen-bond donors (Lipinski definition) is 2. The summed E-state index contributed by atoms with van der Waals surface area (Å²) in [7, 11) is 3.44. The first-order valence-corrected chi connectivity index (χ1v) is 9.74. The Kier molecular flexibility index (Phi) is 11.5. The van der Waals surface area contributed by atoms with E-state index in [-0.39, 0.29) is 48.6 Å². The molecule has 2 heterocycles. The van der Waals surface area contributed by atoms with Crippen molar-refractivity contribution in [1.82, 2.24) is 20.4 Å². The molecule has 1 atom stereocenters. The van der Waals surface area contributed by atoms with Crippen LogP contribution in [-0.2, 0) is 14.3 Å². The van der Waals surface area contributed by atoms with Crippen LogP contribution in [0, 0.1) is 5.92 Å². The Bertz CT molecular complexity index is 518. The highest BCUT2D eigenvalue weighted by atomic mass is 127. The maximum Gasteiger partial charge on any atom is 0.409 e. The van der Waals surface area contributed by atoms with Crippen molar-refractivity contribution in [2.24, 2.45) is 10.9 Å². The van der Waals surface area contributed by atoms with Gasteiger partial charge in [0.15, 0.2) is 5.96 Å². The molecule has 2 aliphatic rings. The summed E-state index contributed by atoms with van der Waals surface area (Å²) >= 11 is 0. The second-order valence-corrected chi connectivity index (χ2v) is 7.17. The van der Waals surface area contributed by atoms with Crippen molar-refractivity contribution >= 4 is 41.9 Å². The molecule has 1 unspecified atom stereocenters. The minimum atomic E-state index is -0.249. The zero-order valence-corrected chi connectivity index (χ0v) is 19.4. The Balaban J connectivity index is 0.00000392. The maximum absolute atomic E-state index is 11.9. The summed E-state index contributed by atoms with van der Waals surface area (Å²) in [5.41, 5.74) is 0. The van der Waals surface area contributed by atoms with Crippen LogP contribution in [0.25, 0.3) is 0 Å². The largest absolute Gasteiger partial charge is 0.450 e. The molecule has 2 fully saturated rings. The first kappa shape index (κ1) is 24.7. The lowest BCUT2D eigenvalue weighted by Gasteiger charge is -2.32. The normalized spacial score (nSPS) is 20.3. The number of likely N-dealkylation sites (N-methyl/N-ethyl adjacent to an activating group) is 1. The second kappa shape index (κ2) is 13.0. The van der Waals surface area contributed by atoms with Crippen LogP contribution in [0.3, 0.4) is 0 Å². The molecular formula is C18H34IN5O4. The van der Waals surface area contributed by atoms with E-state index in [0.29, 0.717) is 31.6 Å². The summed E-state index contributed by atoms with van der Waals surface area (Å²) < 4.78 is 10.5. The molecule has 0 aromatic rings. The van der Waals surface area contributed by atoms with Crippen LogP contribution in [0.15, 0.2) is 4.99 Å². The fraction of sp³-hybridized carbons (Fsp3) is 0.833. The minimum absolute atomic E-state index is 0. The van der Waals surface area contributed by atoms with Crippen molar-refractivity contribution in [3.8, 4) is 0 Å². The van der Waals surface area contributed by atoms with E-state index in [1.54, 1.807) is 19.0 Å². The van der Waals surface area contributed by atoms with Gasteiger partial charge in [0.1, 0.15) is 6.54 Å². The highest BCUT2D eigenvalue weighted by molar-refractivity contribution is 14.0. The summed E-state index contributed by atoms with van der Waals surface area (Å²) in [6, 6.07) is 0.205. The average Bonchev–Trinajstić information content (AvgIpc) is 3.18. The van der Waals surface area contributed by atoms with Crippen molar-refractivity contribution in [2.45, 2.75) is 32.2 Å². The summed E-state index contributed by atoms with van der Waals surface area (Å²) in [5.74, 6) is 1.07. The van der Waals surface area contributed by atoms with E-state index in [2.05, 4.69) is 15.6 Å². The van der Waals surface area contributed by atoms with Gasteiger partial charge in [-0.2, -0.15) is 0 Å². The molecule has 28 heavy (non-hydrogen) atoms. The number of nitrogens with one attached hydrogen (secondary N) is 2. The van der Waals surface area contributed by atoms with Crippen molar-refractivity contribution in [3.63, 3.8) is 0 Å². The number of rotatable bonds is 6. The van der Waals surface area contributed by atoms with Crippen LogP contribution in [-0.4, -0.2) is 93.9 Å². The molecule has 162 valence electrons. The molecule has 0 saturated carbocycles. The fourth-order valence-electron chi connectivity index (χ4n) is 3.04. The lowest BCUT2D eigenvalue weighted by Crippen LogP contribution is -2.50. The molecule has 0 aromatic carbocycles. The van der Waals surface area contributed by atoms with Crippen LogP contribution in [0.5, 0.6) is 0 Å². The Morgan fingerprint density at radius 2 is 1.96 bits per heavy atom. The SMILES string of the molecule is CCOC(=O)N1CCC(NC(=NCC(=O)N(C)C)NCC2CCOC2)CC1.I. The summed E-state index contributed by atoms with van der Waals surface area (Å²) in [4.78, 5) is 31.4. The van der Waals surface area contributed by atoms with E-state index in [9.17, 15) is 9.59 Å². The predicted octanol–water partition coefficient (Wildman–Crippen LogP) is 0.885. The number of aliphatic imine (C=N–C) groups is 1. The van der Waals surface area contributed by atoms with E-state index < -0.39 is 0 Å². The monoisotopic (exact) mass is 511 g/mol. The molecule has 2 saturated heterocycles. The van der Waals surface area contributed by atoms with Gasteiger partial charge in [-0.15, -0.1) is 24.0 Å². The molecular weight excluding hydrogens is 477 g/mol. The van der Waals surface area contributed by atoms with Gasteiger partial charge >= 0.3 is 6.09 Å². The molecule has 0 radical (unpaired) electrons. The highest BCUT2D eigenvalue weighted by Gasteiger charge is 2.24. The van der Waals surface area contributed by atoms with Crippen molar-refractivity contribution in [2.75, 3.05) is 60.1 Å². The van der Waals surface area contributed by atoms with Gasteiger partial charge in [0.25, 0.3) is 0 Å². The van der Waals surface area contributed by atoms with Gasteiger partial charge in [0.2, 0.25) is 5.91 Å². The van der Waals surface area contributed by atoms with E-state index in [1.807, 2.05) is 6.92 Å². The van der Waals surface area contributed by atoms with Crippen molar-refractivity contribution in [1.29, 1.82) is 0 Å². The van der Waals surface area contributed by atoms with Crippen molar-refractivity contribution in [3.05, 3.63) is 0 Å². The third-order valence-corrected chi connectivity index (χ3v) is 4.82. The fourth-order valence-corrected chi connectivity index (χ4v) is 3.04. The summed E-state index contributed by atoms with van der Waals surface area (Å²) in [6.45, 7) is 5.93. The van der Waals surface area contributed by atoms with Crippen molar-refractivity contribution < 1.29 is 19.1 Å². The predicted molar refractivity (Wildman–Crippen MR) is 118 cm³/mol. The number of carbonyl (C=O) groups is 2. The molecule has 9 nitrogen and oxygen atoms in total. The van der Waals surface area contributed by atoms with Gasteiger partial charge in [0, 0.05) is 52.3 Å². The maximum atomic E-state index is 11.9. The van der Waals surface area contributed by atoms with Gasteiger partial charge in [-0.25, -0.2) is 9.79 Å². The molecule has 0 aliphatic carbocycles. The van der Waals surface area contributed by atoms with E-state index >= 15 is 0 Å². The number of guanidine groups is 1. The first-order valence-electron chi connectivity index (χ1n) is 9.74. The highest BCUT2D eigenvalue weighted by Crippen LogP contribution is 2.12. The smallest absolute Gasteiger partial charge is 0.409 e. The molecule has 2 aliphatic heterocycles. The van der Waals surface area contributed by atoms with Gasteiger partial charge in [0.05, 0.1) is 13.2 Å². The van der Waals surface area contributed by atoms with E-state index in [4.69, 9.17) is 9.47 Å². The Labute approximate surface area is 184 Å². The number of carbonyl (C=O) groups excluding carboxylic acids is 2. The number of nitrogens with zero attached hydrogens (tertiary/aromatic N) is 3. The molecule has 10 heteroatoms. The van der Waals surface area contributed by atoms with E-state index in [1.165, 1.54) is 4.90 Å². The van der Waals surface area contributed by atoms with Crippen LogP contribution in [0.1, 0.15) is 26.2 Å². The molecule has 2 N–H and O–H groups in total. The van der Waals surface area contributed by atoms with E-state index in [0.717, 1.165) is 39.0 Å². The molecule has 2 rings (SSSR count). The summed E-state index contributed by atoms with van der Waals surface area (Å²) in [6.07, 6.45) is 2.41. The lowest BCUT2D eigenvalue weighted by atomic mass is 10.1. The van der Waals surface area contributed by atoms with Crippen LogP contribution in [0.4, 0.5) is 4.79 Å². The van der Waals surface area contributed by atoms with Gasteiger partial charge < -0.3 is 29.9 Å². The standard InChI is InChI=1S/C18H33N5O4.HI/c1-4-27-18(25)23-8-5-15(6-9-23)21-17(20-12-16(24)22(2)3)19-11-14-7-10-26-13-14;/h14-15H,4-13H2,1-3H3,(H2,19,20,21);1H. The zero-order valence-electron chi connectivity index (χ0n) is 17.1. The Morgan fingerprint density at radius 3 is 2.54 bits per heavy atom. The molecule has 2 amide bonds. The minimum Gasteiger partial charge on any atom is -0.450 e. The van der Waals surface area contributed by atoms with Gasteiger partial charge in [-0.05, 0) is 26.2 Å². The van der Waals surface area contributed by atoms with Gasteiger partial charge in [-0.1, -0.05) is 0 Å². The first-order chi connectivity index (χ1) is 13.0. The average molecular weight is 511 g/mol. The number of piperidine rings is 1. The third-order valence-electron chi connectivity index (χ3n) is 4.82. The number of halogens is 1. The van der Waals surface area contributed by atoms with Crippen LogP contribution < -0.4 is 10.6 Å². The van der Waals surface area contributed by atoms with Crippen LogP contribution >= 0.6 is 24.0 Å². The molecule has 0 bridgehead atoms. The zero-order chi connectivity index (χ0) is 19.6. The Morgan fingerprint density at radius 1 is 1.25 bits per heavy atom. The topological polar surface area (TPSA) is 95.5 Å². The summed E-state index contributed by atoms with van der Waals surface area (Å²) in [5, 5.41) is 6.75. The molecule has 0 aromatic heterocycles. The Hall–Kier alpha value is -1.30.